The molecule has 0 aromatic heterocycles. The monoisotopic (exact) mass is 53.1 g/mol. The van der Waals surface area contributed by atoms with E-state index in [1.165, 1.54) is 0 Å². The maximum atomic E-state index is 4.85. The Labute approximate surface area is 38.7 Å². The van der Waals surface area contributed by atoms with Gasteiger partial charge in [-0.1, -0.05) is 6.92 Å². The molecule has 0 aliphatic carbocycles. The second kappa shape index (κ2) is 9.59. The Morgan fingerprint density at radius 1 is 1.75 bits per heavy atom. The van der Waals surface area contributed by atoms with Crippen molar-refractivity contribution in [3.63, 3.8) is 0 Å². The molecule has 4 heavy (non-hydrogen) atoms. The van der Waals surface area contributed by atoms with E-state index in [2.05, 4.69) is 0 Å². The van der Waals surface area contributed by atoms with Crippen LogP contribution in [0.5, 0.6) is 0 Å². The zero-order valence-electron chi connectivity index (χ0n) is 2.28. The van der Waals surface area contributed by atoms with Crippen LogP contribution in [0.4, 0.5) is 0 Å². The molecule has 1 nitrogen and oxygen atoms in total. The third-order valence-electron chi connectivity index (χ3n) is 0. The van der Waals surface area contributed by atoms with E-state index in [0.29, 0.717) is 0 Å². The van der Waals surface area contributed by atoms with Gasteiger partial charge in [0.1, 0.15) is 0 Å². The molecule has 0 atom stereocenters. The van der Waals surface area contributed by atoms with Gasteiger partial charge in [0.15, 0.2) is 0 Å². The average Bonchev–Trinajstić information content (AvgIpc) is 0.918. The average molecular weight is 53.0 g/mol. The molecule has 0 aromatic rings. The molecule has 0 bridgehead atoms. The third kappa shape index (κ3) is 20.0. The van der Waals surface area contributed by atoms with E-state index in [0.717, 1.165) is 6.54 Å². The molecular weight excluding hydrogens is 45.0 g/mol. The van der Waals surface area contributed by atoms with Crippen LogP contribution in [-0.4, -0.2) is 25.4 Å². The van der Waals surface area contributed by atoms with Gasteiger partial charge >= 0.3 is 18.9 Å². The van der Waals surface area contributed by atoms with Crippen LogP contribution < -0.4 is 5.73 Å². The predicted molar refractivity (Wildman–Crippen MR) is 21.9 cm³/mol. The zero-order valence-corrected chi connectivity index (χ0v) is 2.28. The van der Waals surface area contributed by atoms with Crippen molar-refractivity contribution in [2.24, 2.45) is 5.73 Å². The first-order chi connectivity index (χ1) is 1.41. The van der Waals surface area contributed by atoms with Gasteiger partial charge in [0.2, 0.25) is 0 Å². The van der Waals surface area contributed by atoms with Gasteiger partial charge in [-0.05, 0) is 6.54 Å². The maximum absolute atomic E-state index is 4.85. The summed E-state index contributed by atoms with van der Waals surface area (Å²) in [6.07, 6.45) is 0. The number of rotatable bonds is 0. The summed E-state index contributed by atoms with van der Waals surface area (Å²) in [6, 6.07) is 0. The standard InChI is InChI=1S/C2H7N.Li.H/c1-2-3;;/h2-3H2,1H3;;. The van der Waals surface area contributed by atoms with Crippen molar-refractivity contribution < 1.29 is 0 Å². The normalized spacial score (nSPS) is 4.50. The molecule has 0 aromatic carbocycles. The summed E-state index contributed by atoms with van der Waals surface area (Å²) in [4.78, 5) is 0. The number of nitrogens with two attached hydrogens (primary N) is 1. The number of hydrogen-bond acceptors (Lipinski definition) is 1. The molecule has 0 saturated carbocycles. The van der Waals surface area contributed by atoms with Gasteiger partial charge < -0.3 is 5.73 Å². The summed E-state index contributed by atoms with van der Waals surface area (Å²) in [7, 11) is 0. The number of hydrogen-bond donors (Lipinski definition) is 1. The zero-order chi connectivity index (χ0) is 2.71. The van der Waals surface area contributed by atoms with E-state index in [1.54, 1.807) is 0 Å². The summed E-state index contributed by atoms with van der Waals surface area (Å²) >= 11 is 0. The van der Waals surface area contributed by atoms with Gasteiger partial charge in [0, 0.05) is 0 Å². The summed E-state index contributed by atoms with van der Waals surface area (Å²) in [5.74, 6) is 0. The molecule has 22 valence electrons. The van der Waals surface area contributed by atoms with Gasteiger partial charge in [-0.2, -0.15) is 0 Å². The summed E-state index contributed by atoms with van der Waals surface area (Å²) in [5, 5.41) is 0. The molecule has 0 spiro atoms. The molecule has 0 radical (unpaired) electrons. The fraction of sp³-hybridized carbons (Fsp3) is 1.00. The third-order valence-corrected chi connectivity index (χ3v) is 0. The van der Waals surface area contributed by atoms with E-state index in [-0.39, 0.29) is 18.9 Å². The topological polar surface area (TPSA) is 26.0 Å². The molecular formula is C2H8LiN. The van der Waals surface area contributed by atoms with Crippen molar-refractivity contribution in [1.82, 2.24) is 0 Å². The molecule has 0 aliphatic rings. The van der Waals surface area contributed by atoms with E-state index in [9.17, 15) is 0 Å². The first kappa shape index (κ1) is 8.82. The summed E-state index contributed by atoms with van der Waals surface area (Å²) in [6.45, 7) is 2.65. The van der Waals surface area contributed by atoms with Crippen LogP contribution in [0.2, 0.25) is 0 Å². The SMILES string of the molecule is CCN.[LiH]. The fourth-order valence-corrected chi connectivity index (χ4v) is 0. The van der Waals surface area contributed by atoms with Crippen molar-refractivity contribution in [3.05, 3.63) is 0 Å². The molecule has 0 heterocycles. The van der Waals surface area contributed by atoms with Gasteiger partial charge in [-0.3, -0.25) is 0 Å². The van der Waals surface area contributed by atoms with Crippen molar-refractivity contribution in [3.8, 4) is 0 Å². The molecule has 2 N–H and O–H groups in total. The Hall–Kier alpha value is 0.557. The van der Waals surface area contributed by atoms with Crippen LogP contribution in [0.25, 0.3) is 0 Å². The van der Waals surface area contributed by atoms with Crippen LogP contribution in [0.1, 0.15) is 6.92 Å². The minimum atomic E-state index is 0. The molecule has 0 fully saturated rings. The Kier molecular flexibility index (Phi) is 21.1. The van der Waals surface area contributed by atoms with Crippen LogP contribution in [0.15, 0.2) is 0 Å². The van der Waals surface area contributed by atoms with E-state index < -0.39 is 0 Å². The van der Waals surface area contributed by atoms with Crippen molar-refractivity contribution >= 4 is 18.9 Å². The van der Waals surface area contributed by atoms with Crippen molar-refractivity contribution in [1.29, 1.82) is 0 Å². The second-order valence-corrected chi connectivity index (χ2v) is 0.408. The Balaban J connectivity index is 0. The molecule has 0 aliphatic heterocycles. The van der Waals surface area contributed by atoms with E-state index >= 15 is 0 Å². The Morgan fingerprint density at radius 2 is 1.75 bits per heavy atom. The molecule has 0 rings (SSSR count). The summed E-state index contributed by atoms with van der Waals surface area (Å²) < 4.78 is 0. The van der Waals surface area contributed by atoms with Crippen LogP contribution in [0, 0.1) is 0 Å². The van der Waals surface area contributed by atoms with Gasteiger partial charge in [0.05, 0.1) is 0 Å². The van der Waals surface area contributed by atoms with Crippen LogP contribution >= 0.6 is 0 Å². The van der Waals surface area contributed by atoms with Crippen LogP contribution in [0.3, 0.4) is 0 Å². The molecule has 0 amide bonds. The molecule has 0 saturated heterocycles. The molecule has 2 heteroatoms. The first-order valence-electron chi connectivity index (χ1n) is 1.12. The predicted octanol–water partition coefficient (Wildman–Crippen LogP) is -0.683. The van der Waals surface area contributed by atoms with E-state index in [4.69, 9.17) is 5.73 Å². The van der Waals surface area contributed by atoms with Crippen LogP contribution in [-0.2, 0) is 0 Å². The minimum absolute atomic E-state index is 0. The first-order valence-corrected chi connectivity index (χ1v) is 1.12. The Morgan fingerprint density at radius 3 is 1.75 bits per heavy atom. The van der Waals surface area contributed by atoms with Gasteiger partial charge in [-0.25, -0.2) is 0 Å². The second-order valence-electron chi connectivity index (χ2n) is 0.408. The fourth-order valence-electron chi connectivity index (χ4n) is 0. The Bertz CT molecular complexity index is 6.00. The van der Waals surface area contributed by atoms with Crippen molar-refractivity contribution in [2.75, 3.05) is 6.54 Å². The van der Waals surface area contributed by atoms with Crippen molar-refractivity contribution in [2.45, 2.75) is 6.92 Å². The summed E-state index contributed by atoms with van der Waals surface area (Å²) in [5.41, 5.74) is 4.85. The quantitative estimate of drug-likeness (QED) is 0.363. The van der Waals surface area contributed by atoms with Gasteiger partial charge in [-0.15, -0.1) is 0 Å². The van der Waals surface area contributed by atoms with Gasteiger partial charge in [0.25, 0.3) is 0 Å². The van der Waals surface area contributed by atoms with E-state index in [1.807, 2.05) is 6.92 Å². The molecule has 0 unspecified atom stereocenters.